The summed E-state index contributed by atoms with van der Waals surface area (Å²) >= 11 is 0. The molecule has 5 rings (SSSR count). The maximum absolute atomic E-state index is 12.6. The van der Waals surface area contributed by atoms with Gasteiger partial charge in [0, 0.05) is 51.1 Å². The molecule has 0 radical (unpaired) electrons. The maximum Gasteiger partial charge on any atom is 0.243 e. The van der Waals surface area contributed by atoms with E-state index in [2.05, 4.69) is 40.5 Å². The topological polar surface area (TPSA) is 130 Å². The first kappa shape index (κ1) is 36.6. The molecule has 0 aromatic heterocycles. The molecule has 2 amide bonds. The van der Waals surface area contributed by atoms with E-state index in [4.69, 9.17) is 19.4 Å². The Morgan fingerprint density at radius 3 is 2.33 bits per heavy atom. The van der Waals surface area contributed by atoms with Crippen LogP contribution >= 0.6 is 0 Å². The van der Waals surface area contributed by atoms with Gasteiger partial charge in [-0.15, -0.1) is 0 Å². The Morgan fingerprint density at radius 1 is 0.898 bits per heavy atom. The van der Waals surface area contributed by atoms with E-state index in [9.17, 15) is 14.7 Å². The number of carbonyl (C=O) groups excluding carboxylic acids is 2. The predicted molar refractivity (Wildman–Crippen MR) is 186 cm³/mol. The summed E-state index contributed by atoms with van der Waals surface area (Å²) in [4.78, 5) is 26.2. The minimum atomic E-state index is -0.528. The number of amides is 2. The van der Waals surface area contributed by atoms with E-state index in [0.29, 0.717) is 25.4 Å². The second-order valence-corrected chi connectivity index (χ2v) is 13.1. The first-order chi connectivity index (χ1) is 24.0. The first-order valence-corrected chi connectivity index (χ1v) is 17.6. The molecule has 0 spiro atoms. The van der Waals surface area contributed by atoms with Crippen molar-refractivity contribution >= 4 is 11.8 Å². The molecule has 0 bridgehead atoms. The molecule has 2 heterocycles. The lowest BCUT2D eigenvalue weighted by Gasteiger charge is -2.38. The molecule has 0 aliphatic carbocycles. The van der Waals surface area contributed by atoms with Crippen LogP contribution in [-0.2, 0) is 37.0 Å². The van der Waals surface area contributed by atoms with Gasteiger partial charge in [0.05, 0.1) is 25.4 Å². The van der Waals surface area contributed by atoms with E-state index < -0.39 is 6.29 Å². The standard InChI is InChI=1S/C39H51N3O7/c1-47-27-33-10-8-22-42(33)25-34-23-36(30-16-14-28(26-43)15-17-30)49-39(48-34)31-20-18-29(19-21-31)35-11-7-6-9-32(35)24-40-37(44)12-4-2-3-5-13-38(45)41-46/h6-7,9,11,14-21,33-34,36,39,43,46H,2-5,8,10,12-13,22-27H2,1H3,(H,40,44)(H,41,45)/t33-,34+,36-,39-/m0/s1. The molecule has 4 atom stereocenters. The van der Waals surface area contributed by atoms with Crippen molar-refractivity contribution in [2.75, 3.05) is 26.8 Å². The van der Waals surface area contributed by atoms with Crippen LogP contribution in [0.15, 0.2) is 72.8 Å². The molecular formula is C39H51N3O7. The van der Waals surface area contributed by atoms with E-state index >= 15 is 0 Å². The summed E-state index contributed by atoms with van der Waals surface area (Å²) in [6.07, 6.45) is 6.20. The molecule has 0 saturated carbocycles. The summed E-state index contributed by atoms with van der Waals surface area (Å²) in [5.74, 6) is -0.377. The number of likely N-dealkylation sites (tertiary alicyclic amines) is 1. The number of rotatable bonds is 17. The number of hydrogen-bond donors (Lipinski definition) is 4. The van der Waals surface area contributed by atoms with Gasteiger partial charge in [-0.3, -0.25) is 19.7 Å². The third kappa shape index (κ3) is 10.7. The van der Waals surface area contributed by atoms with Gasteiger partial charge in [0.25, 0.3) is 0 Å². The summed E-state index contributed by atoms with van der Waals surface area (Å²) in [6.45, 7) is 3.02. The number of nitrogens with one attached hydrogen (secondary N) is 2. The average molecular weight is 674 g/mol. The molecule has 2 aliphatic rings. The zero-order chi connectivity index (χ0) is 34.4. The third-order valence-electron chi connectivity index (χ3n) is 9.58. The average Bonchev–Trinajstić information content (AvgIpc) is 3.58. The molecular weight excluding hydrogens is 622 g/mol. The SMILES string of the molecule is COC[C@@H]1CCCN1C[C@H]1C[C@@H](c2ccc(CO)cc2)O[C@@H](c2ccc(-c3ccccc3CNC(=O)CCCCCCC(=O)NO)cc2)O1. The van der Waals surface area contributed by atoms with Gasteiger partial charge in [-0.25, -0.2) is 5.48 Å². The van der Waals surface area contributed by atoms with Crippen LogP contribution in [0.3, 0.4) is 0 Å². The van der Waals surface area contributed by atoms with Gasteiger partial charge >= 0.3 is 0 Å². The summed E-state index contributed by atoms with van der Waals surface area (Å²) in [5.41, 5.74) is 7.67. The molecule has 264 valence electrons. The van der Waals surface area contributed by atoms with Crippen LogP contribution < -0.4 is 10.8 Å². The second-order valence-electron chi connectivity index (χ2n) is 13.1. The van der Waals surface area contributed by atoms with Crippen LogP contribution in [0.4, 0.5) is 0 Å². The van der Waals surface area contributed by atoms with Gasteiger partial charge < -0.3 is 24.6 Å². The molecule has 2 aliphatic heterocycles. The summed E-state index contributed by atoms with van der Waals surface area (Å²) in [6, 6.07) is 24.8. The highest BCUT2D eigenvalue weighted by Gasteiger charge is 2.35. The monoisotopic (exact) mass is 673 g/mol. The van der Waals surface area contributed by atoms with Gasteiger partial charge in [0.1, 0.15) is 0 Å². The van der Waals surface area contributed by atoms with Gasteiger partial charge in [-0.2, -0.15) is 0 Å². The van der Waals surface area contributed by atoms with Crippen molar-refractivity contribution in [3.63, 3.8) is 0 Å². The van der Waals surface area contributed by atoms with E-state index in [1.807, 2.05) is 42.5 Å². The smallest absolute Gasteiger partial charge is 0.243 e. The molecule has 0 unspecified atom stereocenters. The van der Waals surface area contributed by atoms with E-state index in [-0.39, 0.29) is 37.0 Å². The highest BCUT2D eigenvalue weighted by Crippen LogP contribution is 2.39. The van der Waals surface area contributed by atoms with Crippen molar-refractivity contribution in [3.05, 3.63) is 95.1 Å². The summed E-state index contributed by atoms with van der Waals surface area (Å²) in [7, 11) is 1.76. The van der Waals surface area contributed by atoms with E-state index in [1.54, 1.807) is 12.6 Å². The van der Waals surface area contributed by atoms with Crippen LogP contribution in [0.1, 0.15) is 92.4 Å². The fourth-order valence-electron chi connectivity index (χ4n) is 6.85. The van der Waals surface area contributed by atoms with Crippen molar-refractivity contribution in [1.82, 2.24) is 15.7 Å². The van der Waals surface area contributed by atoms with Gasteiger partial charge in [-0.1, -0.05) is 85.6 Å². The Balaban J connectivity index is 1.22. The van der Waals surface area contributed by atoms with Crippen LogP contribution in [0, 0.1) is 0 Å². The lowest BCUT2D eigenvalue weighted by Crippen LogP contribution is -2.42. The Bertz CT molecular complexity index is 1470. The van der Waals surface area contributed by atoms with Crippen molar-refractivity contribution in [1.29, 1.82) is 0 Å². The number of hydroxylamine groups is 1. The minimum Gasteiger partial charge on any atom is -0.392 e. The van der Waals surface area contributed by atoms with E-state index in [0.717, 1.165) is 91.6 Å². The molecule has 4 N–H and O–H groups in total. The zero-order valence-corrected chi connectivity index (χ0v) is 28.5. The number of aliphatic hydroxyl groups excluding tert-OH is 1. The minimum absolute atomic E-state index is 0.00225. The fraction of sp³-hybridized carbons (Fsp3) is 0.487. The Labute approximate surface area is 289 Å². The van der Waals surface area contributed by atoms with Gasteiger partial charge in [-0.05, 0) is 60.0 Å². The first-order valence-electron chi connectivity index (χ1n) is 17.6. The molecule has 49 heavy (non-hydrogen) atoms. The molecule has 3 aromatic rings. The number of methoxy groups -OCH3 is 1. The zero-order valence-electron chi connectivity index (χ0n) is 28.5. The lowest BCUT2D eigenvalue weighted by molar-refractivity contribution is -0.253. The van der Waals surface area contributed by atoms with Crippen LogP contribution in [0.5, 0.6) is 0 Å². The maximum atomic E-state index is 12.6. The molecule has 2 fully saturated rings. The number of hydrogen-bond acceptors (Lipinski definition) is 8. The summed E-state index contributed by atoms with van der Waals surface area (Å²) < 4.78 is 18.7. The fourth-order valence-corrected chi connectivity index (χ4v) is 6.85. The summed E-state index contributed by atoms with van der Waals surface area (Å²) in [5, 5.41) is 21.2. The van der Waals surface area contributed by atoms with Crippen molar-refractivity contribution in [2.24, 2.45) is 0 Å². The van der Waals surface area contributed by atoms with Crippen LogP contribution in [0.2, 0.25) is 0 Å². The van der Waals surface area contributed by atoms with Crippen molar-refractivity contribution in [2.45, 2.75) is 95.5 Å². The Morgan fingerprint density at radius 2 is 1.61 bits per heavy atom. The van der Waals surface area contributed by atoms with Crippen LogP contribution in [0.25, 0.3) is 11.1 Å². The highest BCUT2D eigenvalue weighted by atomic mass is 16.7. The highest BCUT2D eigenvalue weighted by molar-refractivity contribution is 5.76. The number of benzene rings is 3. The molecule has 10 heteroatoms. The Hall–Kier alpha value is -3.64. The van der Waals surface area contributed by atoms with Crippen molar-refractivity contribution < 1.29 is 34.1 Å². The third-order valence-corrected chi connectivity index (χ3v) is 9.58. The van der Waals surface area contributed by atoms with Crippen molar-refractivity contribution in [3.8, 4) is 11.1 Å². The molecule has 2 saturated heterocycles. The number of nitrogens with zero attached hydrogens (tertiary/aromatic N) is 1. The lowest BCUT2D eigenvalue weighted by atomic mass is 9.97. The normalized spacial score (nSPS) is 21.0. The Kier molecular flexibility index (Phi) is 14.2. The number of carbonyl (C=O) groups is 2. The number of unbranched alkanes of at least 4 members (excludes halogenated alkanes) is 3. The van der Waals surface area contributed by atoms with Gasteiger partial charge in [0.2, 0.25) is 11.8 Å². The van der Waals surface area contributed by atoms with Crippen LogP contribution in [-0.4, -0.2) is 66.0 Å². The number of aliphatic hydroxyl groups is 1. The molecule has 3 aromatic carbocycles. The number of ether oxygens (including phenoxy) is 3. The predicted octanol–water partition coefficient (Wildman–Crippen LogP) is 5.96. The quantitative estimate of drug-likeness (QED) is 0.0785. The second kappa shape index (κ2) is 18.9. The van der Waals surface area contributed by atoms with E-state index in [1.165, 1.54) is 0 Å². The largest absolute Gasteiger partial charge is 0.392 e. The molecule has 10 nitrogen and oxygen atoms in total. The van der Waals surface area contributed by atoms with Gasteiger partial charge in [0.15, 0.2) is 6.29 Å².